The van der Waals surface area contributed by atoms with E-state index < -0.39 is 0 Å². The Hall–Kier alpha value is -0.470. The first-order valence-corrected chi connectivity index (χ1v) is 8.96. The lowest BCUT2D eigenvalue weighted by molar-refractivity contribution is 0.454. The third-order valence-corrected chi connectivity index (χ3v) is 4.99. The van der Waals surface area contributed by atoms with E-state index in [0.717, 1.165) is 19.0 Å². The van der Waals surface area contributed by atoms with Gasteiger partial charge in [-0.2, -0.15) is 0 Å². The van der Waals surface area contributed by atoms with Crippen molar-refractivity contribution in [3.8, 4) is 0 Å². The minimum absolute atomic E-state index is 0.615. The van der Waals surface area contributed by atoms with Gasteiger partial charge < -0.3 is 5.32 Å². The predicted molar refractivity (Wildman–Crippen MR) is 92.7 cm³/mol. The van der Waals surface area contributed by atoms with Crippen LogP contribution in [0.4, 0.5) is 0 Å². The average Bonchev–Trinajstić information content (AvgIpc) is 2.44. The number of benzene rings is 1. The number of rotatable bonds is 9. The Morgan fingerprint density at radius 1 is 1.05 bits per heavy atom. The summed E-state index contributed by atoms with van der Waals surface area (Å²) in [6, 6.07) is 9.20. The zero-order valence-corrected chi connectivity index (χ0v) is 14.6. The Kier molecular flexibility index (Phi) is 8.32. The molecule has 0 saturated carbocycles. The molecule has 0 radical (unpaired) electrons. The average molecular weight is 294 g/mol. The second-order valence-corrected chi connectivity index (χ2v) is 7.34. The van der Waals surface area contributed by atoms with Gasteiger partial charge in [0.05, 0.1) is 0 Å². The number of hydrogen-bond acceptors (Lipinski definition) is 2. The predicted octanol–water partition coefficient (Wildman–Crippen LogP) is 5.17. The van der Waals surface area contributed by atoms with Crippen molar-refractivity contribution in [3.05, 3.63) is 29.8 Å². The highest BCUT2D eigenvalue weighted by Crippen LogP contribution is 2.27. The zero-order chi connectivity index (χ0) is 15.0. The van der Waals surface area contributed by atoms with Crippen LogP contribution in [-0.4, -0.2) is 18.8 Å². The van der Waals surface area contributed by atoms with Gasteiger partial charge in [0.2, 0.25) is 0 Å². The molecule has 0 spiro atoms. The van der Waals surface area contributed by atoms with Crippen LogP contribution in [-0.2, 0) is 0 Å². The Labute approximate surface area is 129 Å². The summed E-state index contributed by atoms with van der Waals surface area (Å²) in [5.74, 6) is 3.32. The summed E-state index contributed by atoms with van der Waals surface area (Å²) in [7, 11) is 0. The SMILES string of the molecule is CCNCC(C)C(C)c1ccc(SCCC(C)C)cc1. The van der Waals surface area contributed by atoms with Crippen LogP contribution in [0.15, 0.2) is 29.2 Å². The Bertz CT molecular complexity index is 358. The maximum atomic E-state index is 3.44. The Balaban J connectivity index is 2.48. The van der Waals surface area contributed by atoms with Crippen molar-refractivity contribution >= 4 is 11.8 Å². The third kappa shape index (κ3) is 6.32. The monoisotopic (exact) mass is 293 g/mol. The summed E-state index contributed by atoms with van der Waals surface area (Å²) < 4.78 is 0. The molecule has 2 heteroatoms. The molecule has 114 valence electrons. The van der Waals surface area contributed by atoms with Crippen molar-refractivity contribution in [2.24, 2.45) is 11.8 Å². The van der Waals surface area contributed by atoms with E-state index in [1.54, 1.807) is 0 Å². The van der Waals surface area contributed by atoms with Crippen LogP contribution in [0.25, 0.3) is 0 Å². The fraction of sp³-hybridized carbons (Fsp3) is 0.667. The minimum atomic E-state index is 0.615. The van der Waals surface area contributed by atoms with Crippen molar-refractivity contribution in [3.63, 3.8) is 0 Å². The van der Waals surface area contributed by atoms with Crippen LogP contribution in [0.5, 0.6) is 0 Å². The van der Waals surface area contributed by atoms with E-state index in [2.05, 4.69) is 64.2 Å². The van der Waals surface area contributed by atoms with Gasteiger partial charge in [-0.1, -0.05) is 46.8 Å². The van der Waals surface area contributed by atoms with Gasteiger partial charge in [0.15, 0.2) is 0 Å². The lowest BCUT2D eigenvalue weighted by Gasteiger charge is -2.20. The fourth-order valence-electron chi connectivity index (χ4n) is 2.16. The molecule has 1 N–H and O–H groups in total. The molecule has 0 aliphatic carbocycles. The molecule has 1 aromatic rings. The molecule has 0 aliphatic heterocycles. The van der Waals surface area contributed by atoms with Crippen LogP contribution < -0.4 is 5.32 Å². The first-order chi connectivity index (χ1) is 9.54. The van der Waals surface area contributed by atoms with Crippen LogP contribution >= 0.6 is 11.8 Å². The highest BCUT2D eigenvalue weighted by molar-refractivity contribution is 7.99. The molecule has 0 saturated heterocycles. The summed E-state index contributed by atoms with van der Waals surface area (Å²) in [5, 5.41) is 3.44. The second kappa shape index (κ2) is 9.46. The quantitative estimate of drug-likeness (QED) is 0.630. The maximum Gasteiger partial charge on any atom is 0.00721 e. The molecule has 0 aromatic heterocycles. The van der Waals surface area contributed by atoms with E-state index in [1.807, 2.05) is 11.8 Å². The van der Waals surface area contributed by atoms with Gasteiger partial charge >= 0.3 is 0 Å². The molecule has 1 aromatic carbocycles. The van der Waals surface area contributed by atoms with E-state index >= 15 is 0 Å². The van der Waals surface area contributed by atoms with Gasteiger partial charge in [-0.15, -0.1) is 11.8 Å². The number of hydrogen-bond donors (Lipinski definition) is 1. The standard InChI is InChI=1S/C18H31NS/c1-6-19-13-15(4)16(5)17-7-9-18(10-8-17)20-12-11-14(2)3/h7-10,14-16,19H,6,11-13H2,1-5H3. The van der Waals surface area contributed by atoms with E-state index in [9.17, 15) is 0 Å². The van der Waals surface area contributed by atoms with Gasteiger partial charge in [0.25, 0.3) is 0 Å². The van der Waals surface area contributed by atoms with Gasteiger partial charge in [0.1, 0.15) is 0 Å². The molecule has 0 fully saturated rings. The molecule has 0 amide bonds. The fourth-order valence-corrected chi connectivity index (χ4v) is 3.31. The molecule has 20 heavy (non-hydrogen) atoms. The first-order valence-electron chi connectivity index (χ1n) is 7.98. The smallest absolute Gasteiger partial charge is 0.00721 e. The van der Waals surface area contributed by atoms with Crippen LogP contribution in [0.2, 0.25) is 0 Å². The van der Waals surface area contributed by atoms with Gasteiger partial charge in [-0.05, 0) is 60.7 Å². The molecule has 2 atom stereocenters. The highest BCUT2D eigenvalue weighted by Gasteiger charge is 2.13. The largest absolute Gasteiger partial charge is 0.317 e. The minimum Gasteiger partial charge on any atom is -0.317 e. The van der Waals surface area contributed by atoms with Gasteiger partial charge in [-0.3, -0.25) is 0 Å². The molecular formula is C18H31NS. The van der Waals surface area contributed by atoms with Gasteiger partial charge in [0, 0.05) is 4.90 Å². The van der Waals surface area contributed by atoms with Crippen LogP contribution in [0, 0.1) is 11.8 Å². The van der Waals surface area contributed by atoms with Crippen LogP contribution in [0.3, 0.4) is 0 Å². The number of thioether (sulfide) groups is 1. The van der Waals surface area contributed by atoms with Crippen molar-refractivity contribution in [2.45, 2.75) is 51.9 Å². The van der Waals surface area contributed by atoms with Crippen LogP contribution in [0.1, 0.15) is 52.5 Å². The van der Waals surface area contributed by atoms with Crippen molar-refractivity contribution in [1.82, 2.24) is 5.32 Å². The Morgan fingerprint density at radius 3 is 2.25 bits per heavy atom. The second-order valence-electron chi connectivity index (χ2n) is 6.17. The summed E-state index contributed by atoms with van der Waals surface area (Å²) in [6.45, 7) is 13.6. The molecule has 0 heterocycles. The summed E-state index contributed by atoms with van der Waals surface area (Å²) in [4.78, 5) is 1.40. The maximum absolute atomic E-state index is 3.44. The van der Waals surface area contributed by atoms with Crippen molar-refractivity contribution < 1.29 is 0 Å². The zero-order valence-electron chi connectivity index (χ0n) is 13.8. The van der Waals surface area contributed by atoms with E-state index in [0.29, 0.717) is 11.8 Å². The summed E-state index contributed by atoms with van der Waals surface area (Å²) >= 11 is 1.98. The van der Waals surface area contributed by atoms with Crippen molar-refractivity contribution in [1.29, 1.82) is 0 Å². The first kappa shape index (κ1) is 17.6. The van der Waals surface area contributed by atoms with Crippen molar-refractivity contribution in [2.75, 3.05) is 18.8 Å². The van der Waals surface area contributed by atoms with Gasteiger partial charge in [-0.25, -0.2) is 0 Å². The summed E-state index contributed by atoms with van der Waals surface area (Å²) in [6.07, 6.45) is 1.29. The van der Waals surface area contributed by atoms with E-state index in [-0.39, 0.29) is 0 Å². The number of nitrogens with one attached hydrogen (secondary N) is 1. The third-order valence-electron chi connectivity index (χ3n) is 3.94. The molecule has 2 unspecified atom stereocenters. The lowest BCUT2D eigenvalue weighted by Crippen LogP contribution is -2.24. The molecule has 1 rings (SSSR count). The lowest BCUT2D eigenvalue weighted by atomic mass is 9.89. The summed E-state index contributed by atoms with van der Waals surface area (Å²) in [5.41, 5.74) is 1.46. The van der Waals surface area contributed by atoms with E-state index in [4.69, 9.17) is 0 Å². The van der Waals surface area contributed by atoms with E-state index in [1.165, 1.54) is 22.6 Å². The topological polar surface area (TPSA) is 12.0 Å². The molecule has 0 aliphatic rings. The molecule has 0 bridgehead atoms. The highest BCUT2D eigenvalue weighted by atomic mass is 32.2. The molecular weight excluding hydrogens is 262 g/mol. The normalized spacial score (nSPS) is 14.5. The Morgan fingerprint density at radius 2 is 1.70 bits per heavy atom. The molecule has 1 nitrogen and oxygen atoms in total.